The molecule has 0 bridgehead atoms. The number of nitrogens with one attached hydrogen (secondary N) is 3. The molecule has 4 heterocycles. The third-order valence-corrected chi connectivity index (χ3v) is 7.46. The van der Waals surface area contributed by atoms with E-state index in [4.69, 9.17) is 16.6 Å². The zero-order chi connectivity index (χ0) is 31.9. The summed E-state index contributed by atoms with van der Waals surface area (Å²) in [5, 5.41) is 37.2. The first-order valence-corrected chi connectivity index (χ1v) is 14.7. The van der Waals surface area contributed by atoms with Gasteiger partial charge in [-0.2, -0.15) is 10.5 Å². The van der Waals surface area contributed by atoms with Gasteiger partial charge in [-0.25, -0.2) is 14.8 Å². The van der Waals surface area contributed by atoms with Crippen LogP contribution in [0.5, 0.6) is 0 Å². The first-order valence-electron chi connectivity index (χ1n) is 14.3. The van der Waals surface area contributed by atoms with Gasteiger partial charge < -0.3 is 20.4 Å². The molecule has 0 unspecified atom stereocenters. The lowest BCUT2D eigenvalue weighted by atomic mass is 10.1. The number of pyridine rings is 2. The Morgan fingerprint density at radius 1 is 0.739 bits per heavy atom. The summed E-state index contributed by atoms with van der Waals surface area (Å²) in [6, 6.07) is 30.9. The Bertz CT molecular complexity index is 1950. The molecular formula is C33H26ClN11O. The van der Waals surface area contributed by atoms with E-state index in [9.17, 15) is 15.3 Å². The van der Waals surface area contributed by atoms with Crippen LogP contribution >= 0.6 is 11.6 Å². The molecule has 0 atom stereocenters. The molecule has 0 saturated carbocycles. The van der Waals surface area contributed by atoms with E-state index >= 15 is 0 Å². The van der Waals surface area contributed by atoms with Crippen molar-refractivity contribution in [2.75, 3.05) is 51.9 Å². The fraction of sp³-hybridized carbons (Fsp3) is 0.121. The molecule has 1 aliphatic rings. The highest BCUT2D eigenvalue weighted by Crippen LogP contribution is 2.31. The van der Waals surface area contributed by atoms with Crippen molar-refractivity contribution in [3.05, 3.63) is 107 Å². The van der Waals surface area contributed by atoms with Crippen LogP contribution in [0.15, 0.2) is 91.0 Å². The SMILES string of the molecule is N#Cc1cc(C#N)c(N2CCN(c3cccc(Cl)n3)CC2)nc1Nc1ccccc1NC(=O)Nc1ccc(-c2ccccc2)nn1. The quantitative estimate of drug-likeness (QED) is 0.181. The van der Waals surface area contributed by atoms with Gasteiger partial charge in [0.2, 0.25) is 0 Å². The van der Waals surface area contributed by atoms with Crippen LogP contribution in [0.4, 0.5) is 39.4 Å². The average molecular weight is 628 g/mol. The number of aromatic nitrogens is 4. The summed E-state index contributed by atoms with van der Waals surface area (Å²) in [4.78, 5) is 26.2. The van der Waals surface area contributed by atoms with Crippen LogP contribution in [0, 0.1) is 22.7 Å². The number of hydrogen-bond donors (Lipinski definition) is 3. The van der Waals surface area contributed by atoms with Gasteiger partial charge in [-0.05, 0) is 42.5 Å². The number of nitriles is 2. The summed E-state index contributed by atoms with van der Waals surface area (Å²) >= 11 is 6.08. The summed E-state index contributed by atoms with van der Waals surface area (Å²) in [5.74, 6) is 1.78. The number of benzene rings is 2. The van der Waals surface area contributed by atoms with Crippen molar-refractivity contribution in [2.45, 2.75) is 0 Å². The average Bonchev–Trinajstić information content (AvgIpc) is 3.09. The molecule has 46 heavy (non-hydrogen) atoms. The molecule has 1 saturated heterocycles. The summed E-state index contributed by atoms with van der Waals surface area (Å²) < 4.78 is 0. The van der Waals surface area contributed by atoms with Crippen LogP contribution < -0.4 is 25.8 Å². The van der Waals surface area contributed by atoms with E-state index < -0.39 is 6.03 Å². The molecule has 0 radical (unpaired) electrons. The van der Waals surface area contributed by atoms with Crippen molar-refractivity contribution in [1.29, 1.82) is 10.5 Å². The Kier molecular flexibility index (Phi) is 8.81. The highest BCUT2D eigenvalue weighted by molar-refractivity contribution is 6.29. The summed E-state index contributed by atoms with van der Waals surface area (Å²) in [7, 11) is 0. The first kappa shape index (κ1) is 29.8. The zero-order valence-corrected chi connectivity index (χ0v) is 25.1. The number of hydrogen-bond acceptors (Lipinski definition) is 10. The lowest BCUT2D eigenvalue weighted by Crippen LogP contribution is -2.47. The summed E-state index contributed by atoms with van der Waals surface area (Å²) in [6.07, 6.45) is 0. The fourth-order valence-corrected chi connectivity index (χ4v) is 5.15. The van der Waals surface area contributed by atoms with E-state index in [1.54, 1.807) is 42.5 Å². The molecule has 0 spiro atoms. The molecule has 0 aliphatic carbocycles. The van der Waals surface area contributed by atoms with Crippen LogP contribution in [0.3, 0.4) is 0 Å². The second-order valence-corrected chi connectivity index (χ2v) is 10.6. The van der Waals surface area contributed by atoms with Crippen molar-refractivity contribution < 1.29 is 4.79 Å². The number of halogens is 1. The number of para-hydroxylation sites is 2. The Labute approximate surface area is 269 Å². The van der Waals surface area contributed by atoms with Gasteiger partial charge >= 0.3 is 6.03 Å². The van der Waals surface area contributed by atoms with Crippen molar-refractivity contribution in [3.63, 3.8) is 0 Å². The first-order chi connectivity index (χ1) is 22.5. The number of rotatable bonds is 7. The van der Waals surface area contributed by atoms with E-state index in [0.717, 1.165) is 11.4 Å². The molecule has 2 amide bonds. The number of nitrogens with zero attached hydrogens (tertiary/aromatic N) is 8. The number of carbonyl (C=O) groups is 1. The second kappa shape index (κ2) is 13.6. The van der Waals surface area contributed by atoms with Crippen molar-refractivity contribution in [1.82, 2.24) is 20.2 Å². The van der Waals surface area contributed by atoms with Gasteiger partial charge in [-0.3, -0.25) is 5.32 Å². The smallest absolute Gasteiger partial charge is 0.324 e. The van der Waals surface area contributed by atoms with Crippen LogP contribution in [0.25, 0.3) is 11.3 Å². The Hall–Kier alpha value is -6.24. The maximum atomic E-state index is 12.9. The molecule has 2 aromatic carbocycles. The van der Waals surface area contributed by atoms with Gasteiger partial charge in [0.25, 0.3) is 0 Å². The summed E-state index contributed by atoms with van der Waals surface area (Å²) in [6.45, 7) is 2.44. The number of anilines is 6. The van der Waals surface area contributed by atoms with Crippen LogP contribution in [-0.4, -0.2) is 52.4 Å². The molecule has 226 valence electrons. The normalized spacial score (nSPS) is 12.5. The highest BCUT2D eigenvalue weighted by atomic mass is 35.5. The fourth-order valence-electron chi connectivity index (χ4n) is 4.99. The number of carbonyl (C=O) groups excluding carboxylic acids is 1. The molecule has 1 aliphatic heterocycles. The van der Waals surface area contributed by atoms with Gasteiger partial charge in [0.1, 0.15) is 28.9 Å². The minimum absolute atomic E-state index is 0.190. The number of urea groups is 1. The standard InChI is InChI=1S/C33H26ClN11O/c34-28-11-6-12-30(39-28)44-15-17-45(18-16-44)32-24(21-36)19-23(20-35)31(41-32)37-26-9-4-5-10-27(26)38-33(46)40-29-14-13-25(42-43-29)22-7-2-1-3-8-22/h1-14,19H,15-18H2,(H,37,41)(H2,38,40,43,46). The maximum absolute atomic E-state index is 12.9. The molecule has 3 N–H and O–H groups in total. The van der Waals surface area contributed by atoms with Gasteiger partial charge in [-0.15, -0.1) is 10.2 Å². The maximum Gasteiger partial charge on any atom is 0.324 e. The lowest BCUT2D eigenvalue weighted by molar-refractivity contribution is 0.262. The minimum Gasteiger partial charge on any atom is -0.353 e. The van der Waals surface area contributed by atoms with Crippen LogP contribution in [-0.2, 0) is 0 Å². The van der Waals surface area contributed by atoms with E-state index in [-0.39, 0.29) is 17.2 Å². The highest BCUT2D eigenvalue weighted by Gasteiger charge is 2.24. The molecule has 6 rings (SSSR count). The molecule has 5 aromatic rings. The monoisotopic (exact) mass is 627 g/mol. The molecular weight excluding hydrogens is 602 g/mol. The van der Waals surface area contributed by atoms with Crippen LogP contribution in [0.1, 0.15) is 11.1 Å². The Morgan fingerprint density at radius 3 is 2.15 bits per heavy atom. The van der Waals surface area contributed by atoms with Crippen molar-refractivity contribution in [3.8, 4) is 23.4 Å². The molecule has 3 aromatic heterocycles. The van der Waals surface area contributed by atoms with Crippen molar-refractivity contribution in [2.24, 2.45) is 0 Å². The molecule has 12 nitrogen and oxygen atoms in total. The Morgan fingerprint density at radius 2 is 1.46 bits per heavy atom. The van der Waals surface area contributed by atoms with Crippen LogP contribution in [0.2, 0.25) is 5.15 Å². The predicted molar refractivity (Wildman–Crippen MR) is 177 cm³/mol. The van der Waals surface area contributed by atoms with Crippen molar-refractivity contribution >= 4 is 52.3 Å². The van der Waals surface area contributed by atoms with Gasteiger partial charge in [0.05, 0.1) is 28.2 Å². The topological polar surface area (TPSA) is 159 Å². The van der Waals surface area contributed by atoms with E-state index in [0.29, 0.717) is 59.8 Å². The lowest BCUT2D eigenvalue weighted by Gasteiger charge is -2.36. The number of piperazine rings is 1. The minimum atomic E-state index is -0.531. The third-order valence-electron chi connectivity index (χ3n) is 7.25. The Balaban J connectivity index is 1.17. The predicted octanol–water partition coefficient (Wildman–Crippen LogP) is 6.04. The third kappa shape index (κ3) is 6.78. The molecule has 13 heteroatoms. The zero-order valence-electron chi connectivity index (χ0n) is 24.4. The summed E-state index contributed by atoms with van der Waals surface area (Å²) in [5.41, 5.74) is 3.02. The second-order valence-electron chi connectivity index (χ2n) is 10.2. The van der Waals surface area contributed by atoms with E-state index in [2.05, 4.69) is 48.2 Å². The van der Waals surface area contributed by atoms with E-state index in [1.807, 2.05) is 47.4 Å². The van der Waals surface area contributed by atoms with Gasteiger partial charge in [0.15, 0.2) is 11.6 Å². The molecule has 1 fully saturated rings. The largest absolute Gasteiger partial charge is 0.353 e. The van der Waals surface area contributed by atoms with Gasteiger partial charge in [0, 0.05) is 31.7 Å². The van der Waals surface area contributed by atoms with Gasteiger partial charge in [-0.1, -0.05) is 60.1 Å². The number of amides is 2. The van der Waals surface area contributed by atoms with E-state index in [1.165, 1.54) is 6.07 Å².